The Balaban J connectivity index is 1.79. The molecule has 6 heteroatoms. The van der Waals surface area contributed by atoms with Gasteiger partial charge in [-0.15, -0.1) is 0 Å². The predicted octanol–water partition coefficient (Wildman–Crippen LogP) is 1.65. The molecule has 0 saturated carbocycles. The number of carboxylic acids is 1. The number of hydrogen-bond acceptors (Lipinski definition) is 5. The van der Waals surface area contributed by atoms with Gasteiger partial charge >= 0.3 is 5.97 Å². The fraction of sp³-hybridized carbons (Fsp3) is 0.615. The summed E-state index contributed by atoms with van der Waals surface area (Å²) in [5.41, 5.74) is 1.15. The van der Waals surface area contributed by atoms with E-state index in [1.165, 1.54) is 0 Å². The van der Waals surface area contributed by atoms with Crippen molar-refractivity contribution in [1.29, 1.82) is 0 Å². The fourth-order valence-electron chi connectivity index (χ4n) is 2.11. The summed E-state index contributed by atoms with van der Waals surface area (Å²) in [6.45, 7) is 2.18. The van der Waals surface area contributed by atoms with E-state index >= 15 is 0 Å². The number of hydrogen-bond donors (Lipinski definition) is 2. The van der Waals surface area contributed by atoms with Gasteiger partial charge in [-0.25, -0.2) is 9.97 Å². The van der Waals surface area contributed by atoms with E-state index in [1.54, 1.807) is 0 Å². The molecule has 1 fully saturated rings. The van der Waals surface area contributed by atoms with Gasteiger partial charge in [0.25, 0.3) is 0 Å². The maximum absolute atomic E-state index is 10.4. The van der Waals surface area contributed by atoms with Crippen molar-refractivity contribution in [3.63, 3.8) is 0 Å². The molecule has 0 amide bonds. The van der Waals surface area contributed by atoms with Crippen molar-refractivity contribution in [1.82, 2.24) is 9.97 Å². The minimum atomic E-state index is -0.780. The van der Waals surface area contributed by atoms with Gasteiger partial charge in [0.1, 0.15) is 0 Å². The van der Waals surface area contributed by atoms with Crippen LogP contribution in [0.1, 0.15) is 37.2 Å². The molecule has 1 aromatic heterocycles. The van der Waals surface area contributed by atoms with E-state index in [-0.39, 0.29) is 6.42 Å². The van der Waals surface area contributed by atoms with Gasteiger partial charge in [0.05, 0.1) is 0 Å². The molecular formula is C13H19N3O3. The Morgan fingerprint density at radius 1 is 1.37 bits per heavy atom. The Morgan fingerprint density at radius 2 is 2.05 bits per heavy atom. The fourth-order valence-corrected chi connectivity index (χ4v) is 2.11. The van der Waals surface area contributed by atoms with Crippen molar-refractivity contribution >= 4 is 11.9 Å². The summed E-state index contributed by atoms with van der Waals surface area (Å²) in [6.07, 6.45) is 6.47. The van der Waals surface area contributed by atoms with Gasteiger partial charge < -0.3 is 15.2 Å². The largest absolute Gasteiger partial charge is 0.481 e. The normalized spacial score (nSPS) is 16.2. The van der Waals surface area contributed by atoms with Crippen molar-refractivity contribution in [2.75, 3.05) is 25.1 Å². The first-order chi connectivity index (χ1) is 9.25. The molecule has 6 nitrogen and oxygen atoms in total. The van der Waals surface area contributed by atoms with Gasteiger partial charge in [-0.1, -0.05) is 0 Å². The maximum atomic E-state index is 10.4. The number of anilines is 1. The van der Waals surface area contributed by atoms with E-state index in [0.717, 1.165) is 31.6 Å². The third-order valence-electron chi connectivity index (χ3n) is 3.22. The van der Waals surface area contributed by atoms with E-state index in [0.29, 0.717) is 24.8 Å². The van der Waals surface area contributed by atoms with Crippen LogP contribution in [0.5, 0.6) is 0 Å². The molecule has 2 heterocycles. The summed E-state index contributed by atoms with van der Waals surface area (Å²) < 4.78 is 5.33. The van der Waals surface area contributed by atoms with E-state index < -0.39 is 5.97 Å². The molecule has 0 spiro atoms. The highest BCUT2D eigenvalue weighted by molar-refractivity contribution is 5.66. The van der Waals surface area contributed by atoms with Gasteiger partial charge in [0.15, 0.2) is 0 Å². The van der Waals surface area contributed by atoms with E-state index in [4.69, 9.17) is 9.84 Å². The van der Waals surface area contributed by atoms with Crippen LogP contribution in [-0.4, -0.2) is 40.8 Å². The van der Waals surface area contributed by atoms with Gasteiger partial charge in [-0.2, -0.15) is 0 Å². The number of aliphatic carboxylic acids is 1. The topological polar surface area (TPSA) is 84.3 Å². The monoisotopic (exact) mass is 265 g/mol. The predicted molar refractivity (Wildman–Crippen MR) is 70.2 cm³/mol. The molecule has 19 heavy (non-hydrogen) atoms. The van der Waals surface area contributed by atoms with E-state index in [2.05, 4.69) is 15.3 Å². The number of nitrogens with one attached hydrogen (secondary N) is 1. The van der Waals surface area contributed by atoms with Crippen molar-refractivity contribution in [2.45, 2.75) is 31.6 Å². The zero-order valence-electron chi connectivity index (χ0n) is 10.8. The number of aromatic nitrogens is 2. The standard InChI is InChI=1S/C13H19N3O3/c17-12(18)2-1-5-14-13-15-8-11(9-16-13)10-3-6-19-7-4-10/h8-10H,1-7H2,(H,17,18)(H,14,15,16). The lowest BCUT2D eigenvalue weighted by atomic mass is 9.94. The van der Waals surface area contributed by atoms with Crippen LogP contribution >= 0.6 is 0 Å². The molecule has 1 aliphatic rings. The number of rotatable bonds is 6. The minimum Gasteiger partial charge on any atom is -0.481 e. The van der Waals surface area contributed by atoms with Gasteiger partial charge in [0.2, 0.25) is 5.95 Å². The van der Waals surface area contributed by atoms with E-state index in [1.807, 2.05) is 12.4 Å². The quantitative estimate of drug-likeness (QED) is 0.761. The molecule has 1 aromatic rings. The average Bonchev–Trinajstić information content (AvgIpc) is 2.45. The molecule has 2 rings (SSSR count). The summed E-state index contributed by atoms with van der Waals surface area (Å²) >= 11 is 0. The number of carboxylic acid groups (broad SMARTS) is 1. The average molecular weight is 265 g/mol. The zero-order chi connectivity index (χ0) is 13.5. The third-order valence-corrected chi connectivity index (χ3v) is 3.22. The highest BCUT2D eigenvalue weighted by Gasteiger charge is 2.16. The first kappa shape index (κ1) is 13.7. The molecule has 1 aliphatic heterocycles. The lowest BCUT2D eigenvalue weighted by molar-refractivity contribution is -0.137. The van der Waals surface area contributed by atoms with Gasteiger partial charge in [-0.3, -0.25) is 4.79 Å². The summed E-state index contributed by atoms with van der Waals surface area (Å²) in [4.78, 5) is 18.9. The smallest absolute Gasteiger partial charge is 0.303 e. The lowest BCUT2D eigenvalue weighted by Crippen LogP contribution is -2.15. The molecule has 0 bridgehead atoms. The molecule has 0 aliphatic carbocycles. The van der Waals surface area contributed by atoms with Gasteiger partial charge in [-0.05, 0) is 30.7 Å². The minimum absolute atomic E-state index is 0.160. The summed E-state index contributed by atoms with van der Waals surface area (Å²) in [5.74, 6) is 0.272. The molecule has 0 aromatic carbocycles. The first-order valence-corrected chi connectivity index (χ1v) is 6.61. The van der Waals surface area contributed by atoms with Crippen LogP contribution < -0.4 is 5.32 Å². The Morgan fingerprint density at radius 3 is 2.68 bits per heavy atom. The molecule has 0 unspecified atom stereocenters. The van der Waals surface area contributed by atoms with Crippen LogP contribution in [0.25, 0.3) is 0 Å². The van der Waals surface area contributed by atoms with Crippen LogP contribution in [0.3, 0.4) is 0 Å². The molecule has 0 radical (unpaired) electrons. The summed E-state index contributed by atoms with van der Waals surface area (Å²) in [6, 6.07) is 0. The maximum Gasteiger partial charge on any atom is 0.303 e. The number of carbonyl (C=O) groups is 1. The second-order valence-corrected chi connectivity index (χ2v) is 4.65. The van der Waals surface area contributed by atoms with Gasteiger partial charge in [0, 0.05) is 38.6 Å². The van der Waals surface area contributed by atoms with Crippen LogP contribution in [0.15, 0.2) is 12.4 Å². The van der Waals surface area contributed by atoms with Crippen LogP contribution in [0, 0.1) is 0 Å². The molecule has 1 saturated heterocycles. The van der Waals surface area contributed by atoms with Crippen LogP contribution in [-0.2, 0) is 9.53 Å². The summed E-state index contributed by atoms with van der Waals surface area (Å²) in [5, 5.41) is 11.5. The van der Waals surface area contributed by atoms with Crippen molar-refractivity contribution in [3.05, 3.63) is 18.0 Å². The molecule has 0 atom stereocenters. The Kier molecular flexibility index (Phi) is 5.09. The first-order valence-electron chi connectivity index (χ1n) is 6.61. The lowest BCUT2D eigenvalue weighted by Gasteiger charge is -2.21. The highest BCUT2D eigenvalue weighted by Crippen LogP contribution is 2.25. The Labute approximate surface area is 112 Å². The Bertz CT molecular complexity index is 402. The molecular weight excluding hydrogens is 246 g/mol. The molecule has 2 N–H and O–H groups in total. The number of ether oxygens (including phenoxy) is 1. The van der Waals surface area contributed by atoms with E-state index in [9.17, 15) is 4.79 Å². The van der Waals surface area contributed by atoms with Crippen LogP contribution in [0.2, 0.25) is 0 Å². The number of nitrogens with zero attached hydrogens (tertiary/aromatic N) is 2. The highest BCUT2D eigenvalue weighted by atomic mass is 16.5. The second kappa shape index (κ2) is 7.04. The van der Waals surface area contributed by atoms with Crippen molar-refractivity contribution < 1.29 is 14.6 Å². The van der Waals surface area contributed by atoms with Crippen molar-refractivity contribution in [2.24, 2.45) is 0 Å². The van der Waals surface area contributed by atoms with Crippen molar-refractivity contribution in [3.8, 4) is 0 Å². The SMILES string of the molecule is O=C(O)CCCNc1ncc(C2CCOCC2)cn1. The second-order valence-electron chi connectivity index (χ2n) is 4.65. The summed E-state index contributed by atoms with van der Waals surface area (Å²) in [7, 11) is 0. The molecule has 104 valence electrons. The van der Waals surface area contributed by atoms with Crippen LogP contribution in [0.4, 0.5) is 5.95 Å². The zero-order valence-corrected chi connectivity index (χ0v) is 10.8. The third kappa shape index (κ3) is 4.48. The Hall–Kier alpha value is -1.69.